The van der Waals surface area contributed by atoms with Crippen molar-refractivity contribution in [2.45, 2.75) is 107 Å². The van der Waals surface area contributed by atoms with E-state index < -0.39 is 59.5 Å². The van der Waals surface area contributed by atoms with Crippen LogP contribution < -0.4 is 10.1 Å². The van der Waals surface area contributed by atoms with E-state index in [-0.39, 0.29) is 68.0 Å². The summed E-state index contributed by atoms with van der Waals surface area (Å²) in [5.74, 6) is -4.93. The predicted molar refractivity (Wildman–Crippen MR) is 184 cm³/mol. The summed E-state index contributed by atoms with van der Waals surface area (Å²) in [7, 11) is 0. The van der Waals surface area contributed by atoms with Crippen LogP contribution in [-0.2, 0) is 11.0 Å². The van der Waals surface area contributed by atoms with Gasteiger partial charge in [-0.1, -0.05) is 0 Å². The highest BCUT2D eigenvalue weighted by Gasteiger charge is 2.62. The summed E-state index contributed by atoms with van der Waals surface area (Å²) in [6.45, 7) is -0.642. The maximum atomic E-state index is 14.8. The fourth-order valence-corrected chi connectivity index (χ4v) is 10.5. The zero-order valence-electron chi connectivity index (χ0n) is 29.9. The molecule has 4 bridgehead atoms. The molecule has 0 spiro atoms. The molecule has 5 aliphatic carbocycles. The summed E-state index contributed by atoms with van der Waals surface area (Å²) < 4.78 is 119. The molecule has 2 aromatic heterocycles. The number of alkyl halides is 8. The number of carboxylic acids is 1. The minimum atomic E-state index is -5.09. The number of amides is 1. The van der Waals surface area contributed by atoms with Gasteiger partial charge in [0.1, 0.15) is 17.4 Å². The van der Waals surface area contributed by atoms with Crippen LogP contribution in [0.4, 0.5) is 35.1 Å². The monoisotopic (exact) mass is 782 g/mol. The van der Waals surface area contributed by atoms with Crippen molar-refractivity contribution in [3.8, 4) is 17.0 Å². The standard InChI is InChI=1S/C39H42F8N4O4/c40-36(41)9-5-25(6-10-36)51-19-30(28-2-1-27(18-32(28)51)55-26-7-11-50(12-8-26)20-37(42,43)44)31-4-3-29(33(48-31)39(45,46)47)34(52)49-38(35(53)54)23-14-21-13-22(16-23)17-24(38)15-21/h1-4,18-19,21-26H,5-17,20H2,(H,49,52)(H,53,54). The van der Waals surface area contributed by atoms with E-state index in [1.165, 1.54) is 11.0 Å². The molecule has 2 N–H and O–H groups in total. The third kappa shape index (κ3) is 7.27. The lowest BCUT2D eigenvalue weighted by Crippen LogP contribution is -2.70. The van der Waals surface area contributed by atoms with E-state index in [0.717, 1.165) is 12.5 Å². The Bertz CT molecular complexity index is 1930. The number of carboxylic acid groups (broad SMARTS) is 1. The zero-order chi connectivity index (χ0) is 39.1. The molecule has 6 fully saturated rings. The molecule has 3 aromatic rings. The molecule has 1 aliphatic heterocycles. The van der Waals surface area contributed by atoms with E-state index in [9.17, 15) is 49.8 Å². The van der Waals surface area contributed by atoms with Gasteiger partial charge >= 0.3 is 18.3 Å². The summed E-state index contributed by atoms with van der Waals surface area (Å²) in [6, 6.07) is 6.77. The minimum absolute atomic E-state index is 0.105. The van der Waals surface area contributed by atoms with Crippen LogP contribution in [0.5, 0.6) is 5.75 Å². The Labute approximate surface area is 311 Å². The van der Waals surface area contributed by atoms with Gasteiger partial charge in [0.25, 0.3) is 5.91 Å². The summed E-state index contributed by atoms with van der Waals surface area (Å²) in [6.07, 6.45) is -4.66. The van der Waals surface area contributed by atoms with Crippen LogP contribution in [0, 0.1) is 23.7 Å². The summed E-state index contributed by atoms with van der Waals surface area (Å²) in [5, 5.41) is 13.5. The molecule has 3 heterocycles. The number of benzene rings is 1. The molecule has 8 nitrogen and oxygen atoms in total. The third-order valence-electron chi connectivity index (χ3n) is 12.9. The van der Waals surface area contributed by atoms with E-state index in [0.29, 0.717) is 67.0 Å². The van der Waals surface area contributed by atoms with Crippen LogP contribution >= 0.6 is 0 Å². The Kier molecular flexibility index (Phi) is 9.39. The largest absolute Gasteiger partial charge is 0.490 e. The van der Waals surface area contributed by atoms with Gasteiger partial charge in [-0.15, -0.1) is 0 Å². The quantitative estimate of drug-likeness (QED) is 0.222. The molecule has 0 radical (unpaired) electrons. The molecule has 9 rings (SSSR count). The molecule has 5 saturated carbocycles. The molecule has 298 valence electrons. The SMILES string of the molecule is O=C(NC1(C(=O)O)C2CC3CC(C2)CC1C3)c1ccc(-c2cn(C3CCC(F)(F)CC3)c3cc(OC4CCN(CC(F)(F)F)CC4)ccc23)nc1C(F)(F)F. The van der Waals surface area contributed by atoms with Crippen molar-refractivity contribution in [1.82, 2.24) is 19.8 Å². The van der Waals surface area contributed by atoms with Gasteiger partial charge in [-0.3, -0.25) is 9.69 Å². The molecule has 1 saturated heterocycles. The Balaban J connectivity index is 1.11. The van der Waals surface area contributed by atoms with Crippen LogP contribution in [0.15, 0.2) is 36.5 Å². The second-order valence-electron chi connectivity index (χ2n) is 16.4. The highest BCUT2D eigenvalue weighted by atomic mass is 19.4. The van der Waals surface area contributed by atoms with Crippen molar-refractivity contribution in [3.63, 3.8) is 0 Å². The van der Waals surface area contributed by atoms with E-state index in [1.54, 1.807) is 29.0 Å². The van der Waals surface area contributed by atoms with Gasteiger partial charge in [0.15, 0.2) is 5.69 Å². The molecule has 16 heteroatoms. The third-order valence-corrected chi connectivity index (χ3v) is 12.9. The number of likely N-dealkylation sites (tertiary alicyclic amines) is 1. The summed E-state index contributed by atoms with van der Waals surface area (Å²) in [5.41, 5.74) is -3.29. The Morgan fingerprint density at radius 2 is 1.53 bits per heavy atom. The number of rotatable bonds is 8. The van der Waals surface area contributed by atoms with Gasteiger partial charge in [-0.05, 0) is 106 Å². The number of pyridine rings is 1. The first-order valence-corrected chi connectivity index (χ1v) is 19.0. The van der Waals surface area contributed by atoms with E-state index in [4.69, 9.17) is 4.74 Å². The van der Waals surface area contributed by atoms with Crippen molar-refractivity contribution in [2.24, 2.45) is 23.7 Å². The van der Waals surface area contributed by atoms with E-state index >= 15 is 0 Å². The number of fused-ring (bicyclic) bond motifs is 1. The maximum Gasteiger partial charge on any atom is 0.434 e. The zero-order valence-corrected chi connectivity index (χ0v) is 29.9. The maximum absolute atomic E-state index is 14.8. The van der Waals surface area contributed by atoms with Gasteiger partial charge < -0.3 is 19.7 Å². The normalized spacial score (nSPS) is 28.8. The second kappa shape index (κ2) is 13.6. The van der Waals surface area contributed by atoms with Crippen LogP contribution in [-0.4, -0.2) is 74.8 Å². The van der Waals surface area contributed by atoms with Crippen molar-refractivity contribution in [1.29, 1.82) is 0 Å². The Morgan fingerprint density at radius 3 is 2.11 bits per heavy atom. The first-order valence-electron chi connectivity index (χ1n) is 19.0. The van der Waals surface area contributed by atoms with Crippen LogP contribution in [0.25, 0.3) is 22.2 Å². The number of aliphatic carboxylic acids is 1. The average molecular weight is 783 g/mol. The predicted octanol–water partition coefficient (Wildman–Crippen LogP) is 8.89. The van der Waals surface area contributed by atoms with Crippen molar-refractivity contribution in [2.75, 3.05) is 19.6 Å². The number of piperidine rings is 1. The topological polar surface area (TPSA) is 96.7 Å². The van der Waals surface area contributed by atoms with E-state index in [2.05, 4.69) is 10.3 Å². The summed E-state index contributed by atoms with van der Waals surface area (Å²) >= 11 is 0. The summed E-state index contributed by atoms with van der Waals surface area (Å²) in [4.78, 5) is 31.9. The molecular formula is C39H42F8N4O4. The number of nitrogens with zero attached hydrogens (tertiary/aromatic N) is 3. The lowest BCUT2D eigenvalue weighted by Gasteiger charge is -2.59. The molecule has 0 unspecified atom stereocenters. The molecular weight excluding hydrogens is 740 g/mol. The van der Waals surface area contributed by atoms with Gasteiger partial charge in [0, 0.05) is 55.2 Å². The second-order valence-corrected chi connectivity index (χ2v) is 16.4. The number of hydrogen-bond donors (Lipinski definition) is 2. The lowest BCUT2D eigenvalue weighted by molar-refractivity contribution is -0.163. The number of nitrogens with one attached hydrogen (secondary N) is 1. The number of aromatic nitrogens is 2. The van der Waals surface area contributed by atoms with Crippen LogP contribution in [0.3, 0.4) is 0 Å². The Morgan fingerprint density at radius 1 is 0.891 bits per heavy atom. The fourth-order valence-electron chi connectivity index (χ4n) is 10.5. The van der Waals surface area contributed by atoms with Crippen LogP contribution in [0.1, 0.15) is 92.7 Å². The first kappa shape index (κ1) is 37.9. The van der Waals surface area contributed by atoms with Gasteiger partial charge in [-0.25, -0.2) is 18.6 Å². The van der Waals surface area contributed by atoms with Gasteiger partial charge in [-0.2, -0.15) is 26.3 Å². The molecule has 1 amide bonds. The van der Waals surface area contributed by atoms with Crippen molar-refractivity contribution < 1.29 is 54.6 Å². The number of carbonyl (C=O) groups is 2. The highest BCUT2D eigenvalue weighted by Crippen LogP contribution is 2.58. The molecule has 55 heavy (non-hydrogen) atoms. The van der Waals surface area contributed by atoms with Crippen molar-refractivity contribution >= 4 is 22.8 Å². The molecule has 6 aliphatic rings. The van der Waals surface area contributed by atoms with Crippen LogP contribution in [0.2, 0.25) is 0 Å². The lowest BCUT2D eigenvalue weighted by atomic mass is 9.48. The average Bonchev–Trinajstić information content (AvgIpc) is 3.48. The number of ether oxygens (including phenoxy) is 1. The first-order chi connectivity index (χ1) is 25.9. The number of hydrogen-bond acceptors (Lipinski definition) is 5. The van der Waals surface area contributed by atoms with Gasteiger partial charge in [0.2, 0.25) is 5.92 Å². The molecule has 1 aromatic carbocycles. The molecule has 0 atom stereocenters. The fraction of sp³-hybridized carbons (Fsp3) is 0.615. The van der Waals surface area contributed by atoms with E-state index in [1.807, 2.05) is 0 Å². The van der Waals surface area contributed by atoms with Crippen molar-refractivity contribution in [3.05, 3.63) is 47.8 Å². The van der Waals surface area contributed by atoms with Gasteiger partial charge in [0.05, 0.1) is 23.3 Å². The Hall–Kier alpha value is -3.95. The number of halogens is 8. The highest BCUT2D eigenvalue weighted by molar-refractivity contribution is 6.00. The number of carbonyl (C=O) groups excluding carboxylic acids is 1. The minimum Gasteiger partial charge on any atom is -0.490 e. The smallest absolute Gasteiger partial charge is 0.434 e.